The van der Waals surface area contributed by atoms with Gasteiger partial charge >= 0.3 is 0 Å². The number of fused-ring (bicyclic) bond motifs is 1. The molecule has 3 aromatic heterocycles. The van der Waals surface area contributed by atoms with E-state index in [9.17, 15) is 4.79 Å². The number of rotatable bonds is 7. The van der Waals surface area contributed by atoms with Crippen LogP contribution in [0.1, 0.15) is 40.1 Å². The minimum absolute atomic E-state index is 0.0781. The van der Waals surface area contributed by atoms with Crippen LogP contribution < -0.4 is 0 Å². The van der Waals surface area contributed by atoms with Gasteiger partial charge in [-0.15, -0.1) is 0 Å². The zero-order valence-corrected chi connectivity index (χ0v) is 17.5. The maximum absolute atomic E-state index is 13.5. The Balaban J connectivity index is 2.00. The predicted molar refractivity (Wildman–Crippen MR) is 107 cm³/mol. The number of pyridine rings is 1. The first-order valence-corrected chi connectivity index (χ1v) is 9.48. The van der Waals surface area contributed by atoms with E-state index < -0.39 is 0 Å². The molecule has 0 bridgehead atoms. The van der Waals surface area contributed by atoms with Crippen molar-refractivity contribution in [2.45, 2.75) is 40.8 Å². The largest absolute Gasteiger partial charge is 0.383 e. The van der Waals surface area contributed by atoms with Gasteiger partial charge in [0.2, 0.25) is 0 Å². The van der Waals surface area contributed by atoms with Crippen LogP contribution in [0.5, 0.6) is 0 Å². The van der Waals surface area contributed by atoms with Crippen molar-refractivity contribution >= 4 is 17.1 Å². The standard InChI is InChI=1S/C20H28N6O2/c1-7-26-14(3)17(13(2)23-26)12-25(10-11-28-6)20(27)16-8-9-21-19-18(16)22-15(4)24(19)5/h8-9H,7,10-12H2,1-6H3. The molecule has 3 aromatic rings. The van der Waals surface area contributed by atoms with E-state index in [4.69, 9.17) is 4.74 Å². The molecule has 0 unspecified atom stereocenters. The van der Waals surface area contributed by atoms with Crippen LogP contribution in [0.25, 0.3) is 11.2 Å². The third kappa shape index (κ3) is 3.52. The van der Waals surface area contributed by atoms with Crippen LogP contribution in [0.4, 0.5) is 0 Å². The van der Waals surface area contributed by atoms with E-state index in [-0.39, 0.29) is 5.91 Å². The molecule has 0 saturated heterocycles. The van der Waals surface area contributed by atoms with Crippen molar-refractivity contribution < 1.29 is 9.53 Å². The summed E-state index contributed by atoms with van der Waals surface area (Å²) in [5.74, 6) is 0.743. The molecular weight excluding hydrogens is 356 g/mol. The fourth-order valence-electron chi connectivity index (χ4n) is 3.45. The van der Waals surface area contributed by atoms with E-state index in [1.54, 1.807) is 24.3 Å². The van der Waals surface area contributed by atoms with Gasteiger partial charge in [-0.05, 0) is 33.8 Å². The number of hydrogen-bond acceptors (Lipinski definition) is 5. The van der Waals surface area contributed by atoms with Gasteiger partial charge in [-0.25, -0.2) is 9.97 Å². The van der Waals surface area contributed by atoms with Crippen LogP contribution in [-0.4, -0.2) is 55.4 Å². The SMILES string of the molecule is CCn1nc(C)c(CN(CCOC)C(=O)c2ccnc3c2nc(C)n3C)c1C. The van der Waals surface area contributed by atoms with Crippen LogP contribution in [0.3, 0.4) is 0 Å². The van der Waals surface area contributed by atoms with Gasteiger partial charge < -0.3 is 14.2 Å². The van der Waals surface area contributed by atoms with Gasteiger partial charge in [-0.3, -0.25) is 9.48 Å². The minimum Gasteiger partial charge on any atom is -0.383 e. The molecule has 8 nitrogen and oxygen atoms in total. The molecule has 28 heavy (non-hydrogen) atoms. The Hall–Kier alpha value is -2.74. The number of carbonyl (C=O) groups excluding carboxylic acids is 1. The lowest BCUT2D eigenvalue weighted by atomic mass is 10.1. The Morgan fingerprint density at radius 1 is 1.29 bits per heavy atom. The Morgan fingerprint density at radius 2 is 2.04 bits per heavy atom. The zero-order valence-electron chi connectivity index (χ0n) is 17.5. The van der Waals surface area contributed by atoms with Gasteiger partial charge in [0.1, 0.15) is 11.3 Å². The van der Waals surface area contributed by atoms with E-state index in [1.807, 2.05) is 37.1 Å². The molecular formula is C20H28N6O2. The predicted octanol–water partition coefficient (Wildman–Crippen LogP) is 2.40. The number of amides is 1. The lowest BCUT2D eigenvalue weighted by molar-refractivity contribution is 0.0681. The lowest BCUT2D eigenvalue weighted by Crippen LogP contribution is -2.34. The van der Waals surface area contributed by atoms with Crippen molar-refractivity contribution in [3.05, 3.63) is 40.6 Å². The summed E-state index contributed by atoms with van der Waals surface area (Å²) in [7, 11) is 3.54. The summed E-state index contributed by atoms with van der Waals surface area (Å²) in [4.78, 5) is 24.2. The fourth-order valence-corrected chi connectivity index (χ4v) is 3.45. The van der Waals surface area contributed by atoms with Gasteiger partial charge in [-0.2, -0.15) is 5.10 Å². The van der Waals surface area contributed by atoms with E-state index in [1.165, 1.54) is 0 Å². The number of nitrogens with zero attached hydrogens (tertiary/aromatic N) is 6. The first-order chi connectivity index (χ1) is 13.4. The minimum atomic E-state index is -0.0781. The number of imidazole rings is 1. The van der Waals surface area contributed by atoms with Crippen molar-refractivity contribution in [2.24, 2.45) is 7.05 Å². The third-order valence-corrected chi connectivity index (χ3v) is 5.24. The van der Waals surface area contributed by atoms with E-state index in [2.05, 4.69) is 22.0 Å². The van der Waals surface area contributed by atoms with Crippen molar-refractivity contribution in [2.75, 3.05) is 20.3 Å². The van der Waals surface area contributed by atoms with Crippen molar-refractivity contribution in [1.29, 1.82) is 0 Å². The molecule has 0 radical (unpaired) electrons. The number of hydrogen-bond donors (Lipinski definition) is 0. The van der Waals surface area contributed by atoms with Crippen LogP contribution in [-0.2, 0) is 24.9 Å². The molecule has 0 aliphatic rings. The van der Waals surface area contributed by atoms with Gasteiger partial charge in [0.25, 0.3) is 5.91 Å². The summed E-state index contributed by atoms with van der Waals surface area (Å²) in [5.41, 5.74) is 5.01. The average molecular weight is 384 g/mol. The molecule has 3 rings (SSSR count). The molecule has 0 spiro atoms. The van der Waals surface area contributed by atoms with Crippen molar-refractivity contribution in [3.63, 3.8) is 0 Å². The summed E-state index contributed by atoms with van der Waals surface area (Å²) < 4.78 is 9.11. The highest BCUT2D eigenvalue weighted by atomic mass is 16.5. The second-order valence-corrected chi connectivity index (χ2v) is 6.93. The van der Waals surface area contributed by atoms with Crippen LogP contribution >= 0.6 is 0 Å². The lowest BCUT2D eigenvalue weighted by Gasteiger charge is -2.23. The smallest absolute Gasteiger partial charge is 0.256 e. The quantitative estimate of drug-likeness (QED) is 0.625. The summed E-state index contributed by atoms with van der Waals surface area (Å²) in [6.07, 6.45) is 1.66. The number of carbonyl (C=O) groups is 1. The number of aromatic nitrogens is 5. The molecule has 0 aliphatic heterocycles. The Bertz CT molecular complexity index is 1000. The molecule has 3 heterocycles. The molecule has 8 heteroatoms. The maximum atomic E-state index is 13.5. The van der Waals surface area contributed by atoms with Crippen LogP contribution in [0.2, 0.25) is 0 Å². The monoisotopic (exact) mass is 384 g/mol. The van der Waals surface area contributed by atoms with Gasteiger partial charge in [0, 0.05) is 51.2 Å². The van der Waals surface area contributed by atoms with Crippen molar-refractivity contribution in [3.8, 4) is 0 Å². The fraction of sp³-hybridized carbons (Fsp3) is 0.500. The molecule has 0 atom stereocenters. The molecule has 0 aliphatic carbocycles. The van der Waals surface area contributed by atoms with Crippen molar-refractivity contribution in [1.82, 2.24) is 29.2 Å². The molecule has 0 N–H and O–H groups in total. The summed E-state index contributed by atoms with van der Waals surface area (Å²) in [5, 5.41) is 4.58. The highest BCUT2D eigenvalue weighted by Gasteiger charge is 2.23. The first-order valence-electron chi connectivity index (χ1n) is 9.48. The summed E-state index contributed by atoms with van der Waals surface area (Å²) in [6, 6.07) is 1.74. The molecule has 0 saturated carbocycles. The average Bonchev–Trinajstić information content (AvgIpc) is 3.13. The van der Waals surface area contributed by atoms with Crippen LogP contribution in [0.15, 0.2) is 12.3 Å². The Morgan fingerprint density at radius 3 is 2.68 bits per heavy atom. The molecule has 1 amide bonds. The second-order valence-electron chi connectivity index (χ2n) is 6.93. The van der Waals surface area contributed by atoms with Crippen LogP contribution in [0, 0.1) is 20.8 Å². The van der Waals surface area contributed by atoms with E-state index in [0.717, 1.165) is 29.3 Å². The molecule has 0 fully saturated rings. The maximum Gasteiger partial charge on any atom is 0.256 e. The number of ether oxygens (including phenoxy) is 1. The van der Waals surface area contributed by atoms with E-state index >= 15 is 0 Å². The van der Waals surface area contributed by atoms with E-state index in [0.29, 0.717) is 36.4 Å². The highest BCUT2D eigenvalue weighted by molar-refractivity contribution is 6.04. The second kappa shape index (κ2) is 8.10. The van der Waals surface area contributed by atoms with Gasteiger partial charge in [-0.1, -0.05) is 0 Å². The topological polar surface area (TPSA) is 78.1 Å². The normalized spacial score (nSPS) is 11.4. The Kier molecular flexibility index (Phi) is 5.79. The zero-order chi connectivity index (χ0) is 20.4. The number of aryl methyl sites for hydroxylation is 4. The van der Waals surface area contributed by atoms with Gasteiger partial charge in [0.15, 0.2) is 5.65 Å². The number of methoxy groups -OCH3 is 1. The van der Waals surface area contributed by atoms with Gasteiger partial charge in [0.05, 0.1) is 17.9 Å². The molecule has 150 valence electrons. The molecule has 0 aromatic carbocycles. The Labute approximate surface area is 165 Å². The first kappa shape index (κ1) is 20.0. The summed E-state index contributed by atoms with van der Waals surface area (Å²) >= 11 is 0. The third-order valence-electron chi connectivity index (χ3n) is 5.24. The summed E-state index contributed by atoms with van der Waals surface area (Å²) in [6.45, 7) is 10.2. The highest BCUT2D eigenvalue weighted by Crippen LogP contribution is 2.21.